The topological polar surface area (TPSA) is 35.2 Å². The molecule has 0 aliphatic heterocycles. The summed E-state index contributed by atoms with van der Waals surface area (Å²) >= 11 is 1.70. The molecule has 1 rings (SSSR count). The van der Waals surface area contributed by atoms with Crippen LogP contribution in [0, 0.1) is 0 Å². The van der Waals surface area contributed by atoms with Crippen LogP contribution in [0.3, 0.4) is 0 Å². The summed E-state index contributed by atoms with van der Waals surface area (Å²) in [6, 6.07) is 2.21. The Kier molecular flexibility index (Phi) is 6.03. The van der Waals surface area contributed by atoms with Gasteiger partial charge in [0.1, 0.15) is 0 Å². The predicted molar refractivity (Wildman–Crippen MR) is 70.8 cm³/mol. The molecule has 0 bridgehead atoms. The van der Waals surface area contributed by atoms with E-state index in [1.165, 1.54) is 5.56 Å². The van der Waals surface area contributed by atoms with E-state index in [-0.39, 0.29) is 18.2 Å². The molecule has 2 nitrogen and oxygen atoms in total. The third kappa shape index (κ3) is 3.89. The molecule has 92 valence electrons. The Hall–Kier alpha value is -0.380. The van der Waals surface area contributed by atoms with Crippen molar-refractivity contribution in [3.8, 4) is 0 Å². The Balaban J connectivity index is 2.65. The lowest BCUT2D eigenvalue weighted by Gasteiger charge is -2.26. The molecule has 0 spiro atoms. The lowest BCUT2D eigenvalue weighted by Crippen LogP contribution is -2.31. The van der Waals surface area contributed by atoms with Crippen LogP contribution in [0.1, 0.15) is 51.7 Å². The normalized spacial score (nSPS) is 17.0. The minimum Gasteiger partial charge on any atom is -0.369 e. The fourth-order valence-electron chi connectivity index (χ4n) is 1.80. The first-order chi connectivity index (χ1) is 7.69. The second-order valence-electron chi connectivity index (χ2n) is 4.28. The Morgan fingerprint density at radius 2 is 2.19 bits per heavy atom. The Labute approximate surface area is 103 Å². The molecule has 1 aromatic rings. The van der Waals surface area contributed by atoms with Crippen LogP contribution in [0.5, 0.6) is 0 Å². The molecule has 3 unspecified atom stereocenters. The highest BCUT2D eigenvalue weighted by Crippen LogP contribution is 2.26. The van der Waals surface area contributed by atoms with Crippen LogP contribution >= 0.6 is 11.3 Å². The van der Waals surface area contributed by atoms with Gasteiger partial charge in [0.25, 0.3) is 0 Å². The van der Waals surface area contributed by atoms with Crippen LogP contribution in [-0.4, -0.2) is 12.1 Å². The largest absolute Gasteiger partial charge is 0.369 e. The number of rotatable bonds is 7. The monoisotopic (exact) mass is 241 g/mol. The van der Waals surface area contributed by atoms with E-state index in [0.29, 0.717) is 0 Å². The van der Waals surface area contributed by atoms with E-state index in [9.17, 15) is 0 Å². The third-order valence-corrected chi connectivity index (χ3v) is 3.51. The zero-order chi connectivity index (χ0) is 12.0. The molecule has 0 saturated carbocycles. The number of thiophene rings is 1. The summed E-state index contributed by atoms with van der Waals surface area (Å²) in [4.78, 5) is 0. The van der Waals surface area contributed by atoms with Crippen molar-refractivity contribution in [2.75, 3.05) is 0 Å². The van der Waals surface area contributed by atoms with E-state index in [1.807, 2.05) is 0 Å². The first-order valence-electron chi connectivity index (χ1n) is 6.12. The fraction of sp³-hybridized carbons (Fsp3) is 0.692. The Bertz CT molecular complexity index is 273. The van der Waals surface area contributed by atoms with E-state index >= 15 is 0 Å². The zero-order valence-corrected chi connectivity index (χ0v) is 11.3. The number of ether oxygens (including phenoxy) is 1. The molecule has 16 heavy (non-hydrogen) atoms. The van der Waals surface area contributed by atoms with E-state index in [1.54, 1.807) is 11.3 Å². The third-order valence-electron chi connectivity index (χ3n) is 2.81. The Morgan fingerprint density at radius 3 is 2.69 bits per heavy atom. The van der Waals surface area contributed by atoms with Gasteiger partial charge in [0, 0.05) is 6.04 Å². The summed E-state index contributed by atoms with van der Waals surface area (Å²) in [6.45, 7) is 6.42. The Morgan fingerprint density at radius 1 is 1.44 bits per heavy atom. The number of nitrogens with two attached hydrogens (primary N) is 1. The number of hydrogen-bond donors (Lipinski definition) is 1. The zero-order valence-electron chi connectivity index (χ0n) is 10.5. The molecule has 1 heterocycles. The van der Waals surface area contributed by atoms with E-state index in [0.717, 1.165) is 19.3 Å². The fourth-order valence-corrected chi connectivity index (χ4v) is 2.49. The van der Waals surface area contributed by atoms with Gasteiger partial charge in [-0.25, -0.2) is 0 Å². The summed E-state index contributed by atoms with van der Waals surface area (Å²) in [6.07, 6.45) is 3.53. The van der Waals surface area contributed by atoms with Gasteiger partial charge in [-0.1, -0.05) is 20.3 Å². The molecule has 3 heteroatoms. The highest BCUT2D eigenvalue weighted by molar-refractivity contribution is 7.07. The van der Waals surface area contributed by atoms with Crippen LogP contribution in [0.2, 0.25) is 0 Å². The highest BCUT2D eigenvalue weighted by Gasteiger charge is 2.21. The van der Waals surface area contributed by atoms with Crippen LogP contribution in [0.25, 0.3) is 0 Å². The summed E-state index contributed by atoms with van der Waals surface area (Å²) in [5, 5.41) is 4.22. The van der Waals surface area contributed by atoms with Gasteiger partial charge >= 0.3 is 0 Å². The average molecular weight is 241 g/mol. The van der Waals surface area contributed by atoms with Crippen molar-refractivity contribution in [2.24, 2.45) is 5.73 Å². The summed E-state index contributed by atoms with van der Waals surface area (Å²) in [5.74, 6) is 0. The molecule has 0 saturated heterocycles. The highest BCUT2D eigenvalue weighted by atomic mass is 32.1. The van der Waals surface area contributed by atoms with E-state index in [2.05, 4.69) is 37.6 Å². The van der Waals surface area contributed by atoms with Crippen LogP contribution in [-0.2, 0) is 4.74 Å². The molecule has 3 atom stereocenters. The maximum atomic E-state index is 6.13. The average Bonchev–Trinajstić information content (AvgIpc) is 2.78. The van der Waals surface area contributed by atoms with Crippen molar-refractivity contribution in [3.05, 3.63) is 22.4 Å². The first-order valence-corrected chi connectivity index (χ1v) is 7.06. The summed E-state index contributed by atoms with van der Waals surface area (Å²) < 4.78 is 6.07. The molecular formula is C13H23NOS. The summed E-state index contributed by atoms with van der Waals surface area (Å²) in [5.41, 5.74) is 7.36. The van der Waals surface area contributed by atoms with Gasteiger partial charge in [-0.3, -0.25) is 0 Å². The maximum absolute atomic E-state index is 6.13. The molecule has 0 radical (unpaired) electrons. The van der Waals surface area contributed by atoms with Crippen molar-refractivity contribution in [3.63, 3.8) is 0 Å². The van der Waals surface area contributed by atoms with Gasteiger partial charge in [-0.15, -0.1) is 0 Å². The van der Waals surface area contributed by atoms with Crippen molar-refractivity contribution in [2.45, 2.75) is 58.3 Å². The first kappa shape index (κ1) is 13.7. The molecule has 0 aliphatic carbocycles. The van der Waals surface area contributed by atoms with Gasteiger partial charge in [0.05, 0.1) is 12.2 Å². The minimum absolute atomic E-state index is 0.0535. The van der Waals surface area contributed by atoms with Gasteiger partial charge in [0.2, 0.25) is 0 Å². The van der Waals surface area contributed by atoms with Gasteiger partial charge in [0.15, 0.2) is 0 Å². The minimum atomic E-state index is 0.0535. The second-order valence-corrected chi connectivity index (χ2v) is 5.06. The summed E-state index contributed by atoms with van der Waals surface area (Å²) in [7, 11) is 0. The quantitative estimate of drug-likeness (QED) is 0.789. The SMILES string of the molecule is CCCC(C)OC(c1ccsc1)C(N)CC. The van der Waals surface area contributed by atoms with Crippen LogP contribution in [0.4, 0.5) is 0 Å². The molecule has 1 aromatic heterocycles. The van der Waals surface area contributed by atoms with Crippen molar-refractivity contribution >= 4 is 11.3 Å². The van der Waals surface area contributed by atoms with E-state index < -0.39 is 0 Å². The van der Waals surface area contributed by atoms with Crippen LogP contribution in [0.15, 0.2) is 16.8 Å². The lowest BCUT2D eigenvalue weighted by molar-refractivity contribution is -0.0220. The lowest BCUT2D eigenvalue weighted by atomic mass is 10.0. The van der Waals surface area contributed by atoms with Crippen molar-refractivity contribution in [1.29, 1.82) is 0 Å². The molecule has 0 aromatic carbocycles. The predicted octanol–water partition coefficient (Wildman–Crippen LogP) is 3.73. The number of hydrogen-bond acceptors (Lipinski definition) is 3. The standard InChI is InChI=1S/C13H23NOS/c1-4-6-10(3)15-13(12(14)5-2)11-7-8-16-9-11/h7-10,12-13H,4-6,14H2,1-3H3. The molecule has 2 N–H and O–H groups in total. The van der Waals surface area contributed by atoms with E-state index in [4.69, 9.17) is 10.5 Å². The van der Waals surface area contributed by atoms with Crippen molar-refractivity contribution in [1.82, 2.24) is 0 Å². The van der Waals surface area contributed by atoms with Gasteiger partial charge < -0.3 is 10.5 Å². The smallest absolute Gasteiger partial charge is 0.0987 e. The molecule has 0 fully saturated rings. The maximum Gasteiger partial charge on any atom is 0.0987 e. The van der Waals surface area contributed by atoms with Gasteiger partial charge in [-0.05, 0) is 42.2 Å². The van der Waals surface area contributed by atoms with Crippen LogP contribution < -0.4 is 5.73 Å². The molecule has 0 aliphatic rings. The second kappa shape index (κ2) is 7.05. The van der Waals surface area contributed by atoms with Gasteiger partial charge in [-0.2, -0.15) is 11.3 Å². The van der Waals surface area contributed by atoms with Crippen molar-refractivity contribution < 1.29 is 4.74 Å². The molecular weight excluding hydrogens is 218 g/mol. The molecule has 0 amide bonds.